The van der Waals surface area contributed by atoms with E-state index in [9.17, 15) is 19.2 Å². The standard InChI is InChI=1S/C23H32N4O4/c1-16(2)26(3)20(29)18-10-8-17(9-11-18)15-24-19(28)7-6-14-27-21(30)23(25-22(27)31)12-4-5-13-23/h8-11,16H,4-7,12-15H2,1-3H3,(H,24,28)(H,25,31). The predicted molar refractivity (Wildman–Crippen MR) is 116 cm³/mol. The maximum absolute atomic E-state index is 12.6. The average molecular weight is 429 g/mol. The highest BCUT2D eigenvalue weighted by atomic mass is 16.2. The van der Waals surface area contributed by atoms with Gasteiger partial charge in [-0.1, -0.05) is 25.0 Å². The van der Waals surface area contributed by atoms with Crippen LogP contribution >= 0.6 is 0 Å². The summed E-state index contributed by atoms with van der Waals surface area (Å²) >= 11 is 0. The lowest BCUT2D eigenvalue weighted by atomic mass is 9.98. The first-order valence-corrected chi connectivity index (χ1v) is 11.0. The lowest BCUT2D eigenvalue weighted by molar-refractivity contribution is -0.131. The maximum Gasteiger partial charge on any atom is 0.325 e. The molecule has 1 aromatic carbocycles. The molecule has 1 heterocycles. The Morgan fingerprint density at radius 1 is 1.16 bits per heavy atom. The van der Waals surface area contributed by atoms with Gasteiger partial charge in [-0.3, -0.25) is 19.3 Å². The van der Waals surface area contributed by atoms with Crippen LogP contribution in [-0.4, -0.2) is 58.7 Å². The summed E-state index contributed by atoms with van der Waals surface area (Å²) in [7, 11) is 1.77. The number of nitrogens with one attached hydrogen (secondary N) is 2. The summed E-state index contributed by atoms with van der Waals surface area (Å²) in [6, 6.07) is 6.96. The Morgan fingerprint density at radius 3 is 2.42 bits per heavy atom. The SMILES string of the molecule is CC(C)N(C)C(=O)c1ccc(CNC(=O)CCCN2C(=O)NC3(CCCC3)C2=O)cc1. The molecule has 1 aliphatic carbocycles. The molecule has 1 saturated carbocycles. The highest BCUT2D eigenvalue weighted by molar-refractivity contribution is 6.07. The van der Waals surface area contributed by atoms with Crippen LogP contribution in [0.1, 0.15) is 68.3 Å². The molecule has 0 radical (unpaired) electrons. The van der Waals surface area contributed by atoms with E-state index in [1.165, 1.54) is 4.90 Å². The lowest BCUT2D eigenvalue weighted by Crippen LogP contribution is -2.44. The second-order valence-corrected chi connectivity index (χ2v) is 8.76. The van der Waals surface area contributed by atoms with Crippen molar-refractivity contribution in [2.24, 2.45) is 0 Å². The molecule has 0 bridgehead atoms. The third kappa shape index (κ3) is 5.06. The third-order valence-electron chi connectivity index (χ3n) is 6.27. The average Bonchev–Trinajstić information content (AvgIpc) is 3.31. The van der Waals surface area contributed by atoms with Crippen LogP contribution in [0.2, 0.25) is 0 Å². The predicted octanol–water partition coefficient (Wildman–Crippen LogP) is 2.43. The van der Waals surface area contributed by atoms with Gasteiger partial charge in [0.2, 0.25) is 5.91 Å². The number of imide groups is 1. The fourth-order valence-corrected chi connectivity index (χ4v) is 4.09. The number of carbonyl (C=O) groups is 4. The van der Waals surface area contributed by atoms with Gasteiger partial charge in [0.1, 0.15) is 5.54 Å². The highest BCUT2D eigenvalue weighted by Gasteiger charge is 2.52. The number of hydrogen-bond donors (Lipinski definition) is 2. The van der Waals surface area contributed by atoms with Crippen LogP contribution in [0.25, 0.3) is 0 Å². The number of urea groups is 1. The first kappa shape index (κ1) is 22.8. The summed E-state index contributed by atoms with van der Waals surface area (Å²) in [6.45, 7) is 4.53. The first-order chi connectivity index (χ1) is 14.7. The maximum atomic E-state index is 12.6. The fraction of sp³-hybridized carbons (Fsp3) is 0.565. The number of rotatable bonds is 8. The van der Waals surface area contributed by atoms with E-state index in [-0.39, 0.29) is 42.8 Å². The second kappa shape index (κ2) is 9.49. The molecule has 2 fully saturated rings. The van der Waals surface area contributed by atoms with E-state index in [0.717, 1.165) is 18.4 Å². The molecule has 1 aromatic rings. The van der Waals surface area contributed by atoms with Gasteiger partial charge in [0.05, 0.1) is 0 Å². The van der Waals surface area contributed by atoms with Crippen molar-refractivity contribution in [3.63, 3.8) is 0 Å². The van der Waals surface area contributed by atoms with Crippen molar-refractivity contribution in [1.29, 1.82) is 0 Å². The molecule has 8 nitrogen and oxygen atoms in total. The van der Waals surface area contributed by atoms with Crippen LogP contribution in [0.3, 0.4) is 0 Å². The molecule has 1 aliphatic heterocycles. The molecule has 3 rings (SSSR count). The fourth-order valence-electron chi connectivity index (χ4n) is 4.09. The summed E-state index contributed by atoms with van der Waals surface area (Å²) in [5, 5.41) is 5.70. The summed E-state index contributed by atoms with van der Waals surface area (Å²) in [6.07, 6.45) is 3.97. The normalized spacial score (nSPS) is 17.4. The van der Waals surface area contributed by atoms with Gasteiger partial charge in [-0.05, 0) is 50.8 Å². The van der Waals surface area contributed by atoms with E-state index >= 15 is 0 Å². The van der Waals surface area contributed by atoms with Gasteiger partial charge in [0.15, 0.2) is 0 Å². The Kier molecular flexibility index (Phi) is 6.97. The number of nitrogens with zero attached hydrogens (tertiary/aromatic N) is 2. The Morgan fingerprint density at radius 2 is 1.81 bits per heavy atom. The molecule has 0 atom stereocenters. The summed E-state index contributed by atoms with van der Waals surface area (Å²) < 4.78 is 0. The van der Waals surface area contributed by atoms with Crippen LogP contribution in [-0.2, 0) is 16.1 Å². The minimum atomic E-state index is -0.698. The second-order valence-electron chi connectivity index (χ2n) is 8.76. The molecule has 2 aliphatic rings. The number of amides is 5. The summed E-state index contributed by atoms with van der Waals surface area (Å²) in [5.74, 6) is -0.319. The van der Waals surface area contributed by atoms with Gasteiger partial charge in [0.25, 0.3) is 11.8 Å². The quantitative estimate of drug-likeness (QED) is 0.621. The zero-order chi connectivity index (χ0) is 22.6. The summed E-state index contributed by atoms with van der Waals surface area (Å²) in [4.78, 5) is 52.2. The largest absolute Gasteiger partial charge is 0.352 e. The Bertz CT molecular complexity index is 844. The number of hydrogen-bond acceptors (Lipinski definition) is 4. The molecule has 8 heteroatoms. The van der Waals surface area contributed by atoms with Gasteiger partial charge in [-0.15, -0.1) is 0 Å². The van der Waals surface area contributed by atoms with E-state index in [1.807, 2.05) is 26.0 Å². The van der Waals surface area contributed by atoms with Crippen molar-refractivity contribution in [1.82, 2.24) is 20.4 Å². The molecular weight excluding hydrogens is 396 g/mol. The topological polar surface area (TPSA) is 98.8 Å². The number of carbonyl (C=O) groups excluding carboxylic acids is 4. The molecule has 31 heavy (non-hydrogen) atoms. The molecular formula is C23H32N4O4. The smallest absolute Gasteiger partial charge is 0.325 e. The van der Waals surface area contributed by atoms with Crippen LogP contribution in [0.15, 0.2) is 24.3 Å². The van der Waals surface area contributed by atoms with Gasteiger partial charge in [-0.25, -0.2) is 4.79 Å². The summed E-state index contributed by atoms with van der Waals surface area (Å²) in [5.41, 5.74) is 0.811. The molecule has 0 aromatic heterocycles. The van der Waals surface area contributed by atoms with Crippen LogP contribution in [0.5, 0.6) is 0 Å². The zero-order valence-electron chi connectivity index (χ0n) is 18.6. The third-order valence-corrected chi connectivity index (χ3v) is 6.27. The van der Waals surface area contributed by atoms with Gasteiger partial charge >= 0.3 is 6.03 Å². The Balaban J connectivity index is 1.41. The van der Waals surface area contributed by atoms with Gasteiger partial charge in [-0.2, -0.15) is 0 Å². The monoisotopic (exact) mass is 428 g/mol. The van der Waals surface area contributed by atoms with Crippen molar-refractivity contribution in [3.8, 4) is 0 Å². The van der Waals surface area contributed by atoms with Crippen molar-refractivity contribution in [2.75, 3.05) is 13.6 Å². The zero-order valence-corrected chi connectivity index (χ0v) is 18.6. The Labute approximate surface area is 183 Å². The van der Waals surface area contributed by atoms with Crippen molar-refractivity contribution in [3.05, 3.63) is 35.4 Å². The highest BCUT2D eigenvalue weighted by Crippen LogP contribution is 2.35. The molecule has 1 saturated heterocycles. The van der Waals surface area contributed by atoms with Crippen LogP contribution < -0.4 is 10.6 Å². The minimum Gasteiger partial charge on any atom is -0.352 e. The van der Waals surface area contributed by atoms with Gasteiger partial charge < -0.3 is 15.5 Å². The minimum absolute atomic E-state index is 0.0366. The van der Waals surface area contributed by atoms with Crippen LogP contribution in [0.4, 0.5) is 4.79 Å². The van der Waals surface area contributed by atoms with Gasteiger partial charge in [0, 0.05) is 38.2 Å². The van der Waals surface area contributed by atoms with Crippen LogP contribution in [0, 0.1) is 0 Å². The molecule has 0 unspecified atom stereocenters. The van der Waals surface area contributed by atoms with E-state index < -0.39 is 5.54 Å². The molecule has 2 N–H and O–H groups in total. The van der Waals surface area contributed by atoms with Crippen molar-refractivity contribution >= 4 is 23.8 Å². The van der Waals surface area contributed by atoms with Crippen molar-refractivity contribution in [2.45, 2.75) is 70.5 Å². The van der Waals surface area contributed by atoms with E-state index in [0.29, 0.717) is 31.4 Å². The number of benzene rings is 1. The van der Waals surface area contributed by atoms with E-state index in [2.05, 4.69) is 10.6 Å². The molecule has 1 spiro atoms. The Hall–Kier alpha value is -2.90. The van der Waals surface area contributed by atoms with E-state index in [1.54, 1.807) is 24.1 Å². The molecule has 168 valence electrons. The van der Waals surface area contributed by atoms with Crippen molar-refractivity contribution < 1.29 is 19.2 Å². The van der Waals surface area contributed by atoms with E-state index in [4.69, 9.17) is 0 Å². The first-order valence-electron chi connectivity index (χ1n) is 11.0. The molecule has 5 amide bonds. The lowest BCUT2D eigenvalue weighted by Gasteiger charge is -2.21.